The Morgan fingerprint density at radius 3 is 1.95 bits per heavy atom. The minimum atomic E-state index is 0.949. The Morgan fingerprint density at radius 2 is 1.60 bits per heavy atom. The predicted octanol–water partition coefficient (Wildman–Crippen LogP) is 2.71. The molecule has 6 nitrogen and oxygen atoms in total. The number of nitrogens with zero attached hydrogens (tertiary/aromatic N) is 4. The third-order valence-corrected chi connectivity index (χ3v) is 2.13. The van der Waals surface area contributed by atoms with Crippen molar-refractivity contribution in [1.29, 1.82) is 0 Å². The fourth-order valence-electron chi connectivity index (χ4n) is 1.30. The number of H-pyrrole nitrogens is 1. The Balaban J connectivity index is 0.000000124. The molecule has 4 rings (SSSR count). The van der Waals surface area contributed by atoms with Crippen molar-refractivity contribution >= 4 is 11.0 Å². The lowest BCUT2D eigenvalue weighted by Crippen LogP contribution is -1.78. The third kappa shape index (κ3) is 4.69. The quantitative estimate of drug-likeness (QED) is 0.530. The first-order valence-electron chi connectivity index (χ1n) is 5.88. The zero-order valence-corrected chi connectivity index (χ0v) is 10.6. The lowest BCUT2D eigenvalue weighted by Gasteiger charge is -1.90. The first kappa shape index (κ1) is 13.4. The highest BCUT2D eigenvalue weighted by molar-refractivity contribution is 5.72. The summed E-state index contributed by atoms with van der Waals surface area (Å²) in [6.45, 7) is 0. The van der Waals surface area contributed by atoms with Crippen LogP contribution < -0.4 is 0 Å². The van der Waals surface area contributed by atoms with E-state index in [1.54, 1.807) is 31.0 Å². The maximum Gasteiger partial charge on any atom is 0.180 e. The van der Waals surface area contributed by atoms with Gasteiger partial charge in [-0.25, -0.2) is 4.98 Å². The minimum Gasteiger partial charge on any atom is -0.452 e. The average molecular weight is 267 g/mol. The first-order valence-corrected chi connectivity index (χ1v) is 5.88. The lowest BCUT2D eigenvalue weighted by molar-refractivity contribution is 0.558. The topological polar surface area (TPSA) is 80.5 Å². The summed E-state index contributed by atoms with van der Waals surface area (Å²) >= 11 is 0. The third-order valence-electron chi connectivity index (χ3n) is 2.13. The van der Waals surface area contributed by atoms with Gasteiger partial charge >= 0.3 is 0 Å². The molecule has 0 saturated heterocycles. The fraction of sp³-hybridized carbons (Fsp3) is 0. The van der Waals surface area contributed by atoms with Gasteiger partial charge in [0.25, 0.3) is 0 Å². The Hall–Kier alpha value is -3.02. The molecule has 0 aliphatic rings. The molecule has 1 aromatic carbocycles. The number of fused-ring (bicyclic) bond motifs is 1. The standard InChI is InChI=1S/C8H6N2.C3H4N2.C3H3NO/c1-2-4-8-7(3-1)9-5-6-10-8;1-2-4-5-3-1;1-2-5-3-4-1/h1-6H;1-3H,(H,4,5);1-3H. The molecule has 0 unspecified atom stereocenters. The van der Waals surface area contributed by atoms with Crippen LogP contribution in [0, 0.1) is 0 Å². The molecule has 0 bridgehead atoms. The summed E-state index contributed by atoms with van der Waals surface area (Å²) < 4.78 is 4.47. The van der Waals surface area contributed by atoms with E-state index in [2.05, 4.69) is 29.6 Å². The van der Waals surface area contributed by atoms with Gasteiger partial charge in [0.1, 0.15) is 6.26 Å². The number of hydrogen-bond donors (Lipinski definition) is 1. The largest absolute Gasteiger partial charge is 0.452 e. The Kier molecular flexibility index (Phi) is 5.46. The molecule has 1 N–H and O–H groups in total. The number of rotatable bonds is 0. The van der Waals surface area contributed by atoms with Crippen LogP contribution >= 0.6 is 0 Å². The molecule has 3 aromatic heterocycles. The summed E-state index contributed by atoms with van der Waals surface area (Å²) in [5, 5.41) is 6.21. The molecular weight excluding hydrogens is 254 g/mol. The molecule has 0 radical (unpaired) electrons. The molecular formula is C14H13N5O. The van der Waals surface area contributed by atoms with Gasteiger partial charge in [0.2, 0.25) is 0 Å². The van der Waals surface area contributed by atoms with E-state index in [-0.39, 0.29) is 0 Å². The van der Waals surface area contributed by atoms with Crippen LogP contribution in [0.15, 0.2) is 78.4 Å². The van der Waals surface area contributed by atoms with Gasteiger partial charge in [0, 0.05) is 24.8 Å². The van der Waals surface area contributed by atoms with E-state index in [0.717, 1.165) is 11.0 Å². The Bertz CT molecular complexity index is 554. The van der Waals surface area contributed by atoms with Crippen LogP contribution in [0.1, 0.15) is 0 Å². The van der Waals surface area contributed by atoms with Crippen LogP contribution in [0.5, 0.6) is 0 Å². The van der Waals surface area contributed by atoms with Gasteiger partial charge in [-0.3, -0.25) is 15.1 Å². The van der Waals surface area contributed by atoms with Crippen molar-refractivity contribution in [1.82, 2.24) is 25.1 Å². The second kappa shape index (κ2) is 8.15. The SMILES string of the molecule is c1ccc2nccnc2c1.c1cn[nH]c1.c1cocn1. The molecule has 100 valence electrons. The summed E-state index contributed by atoms with van der Waals surface area (Å²) in [6, 6.07) is 9.64. The van der Waals surface area contributed by atoms with Crippen molar-refractivity contribution in [3.05, 3.63) is 74.0 Å². The summed E-state index contributed by atoms with van der Waals surface area (Å²) in [7, 11) is 0. The zero-order valence-electron chi connectivity index (χ0n) is 10.6. The molecule has 0 fully saturated rings. The monoisotopic (exact) mass is 267 g/mol. The van der Waals surface area contributed by atoms with Gasteiger partial charge in [-0.2, -0.15) is 5.10 Å². The van der Waals surface area contributed by atoms with E-state index < -0.39 is 0 Å². The number of aromatic nitrogens is 5. The fourth-order valence-corrected chi connectivity index (χ4v) is 1.30. The second-order valence-corrected chi connectivity index (χ2v) is 3.49. The van der Waals surface area contributed by atoms with Crippen molar-refractivity contribution in [3.8, 4) is 0 Å². The average Bonchev–Trinajstić information content (AvgIpc) is 3.25. The molecule has 20 heavy (non-hydrogen) atoms. The maximum absolute atomic E-state index is 4.47. The van der Waals surface area contributed by atoms with Gasteiger partial charge in [-0.1, -0.05) is 12.1 Å². The molecule has 3 heterocycles. The van der Waals surface area contributed by atoms with Crippen molar-refractivity contribution in [3.63, 3.8) is 0 Å². The Labute approximate surface area is 115 Å². The summed E-state index contributed by atoms with van der Waals surface area (Å²) in [5.74, 6) is 0. The number of benzene rings is 1. The van der Waals surface area contributed by atoms with Crippen LogP contribution in [0.3, 0.4) is 0 Å². The molecule has 0 atom stereocenters. The zero-order chi connectivity index (χ0) is 13.9. The van der Waals surface area contributed by atoms with Crippen molar-refractivity contribution < 1.29 is 4.42 Å². The number of oxazole rings is 1. The van der Waals surface area contributed by atoms with E-state index in [1.807, 2.05) is 30.3 Å². The first-order chi connectivity index (χ1) is 9.97. The smallest absolute Gasteiger partial charge is 0.180 e. The highest BCUT2D eigenvalue weighted by Gasteiger charge is 1.88. The van der Waals surface area contributed by atoms with Crippen LogP contribution in [0.25, 0.3) is 11.0 Å². The maximum atomic E-state index is 4.47. The van der Waals surface area contributed by atoms with Crippen LogP contribution in [0.2, 0.25) is 0 Å². The molecule has 0 aliphatic carbocycles. The van der Waals surface area contributed by atoms with E-state index in [1.165, 1.54) is 12.7 Å². The molecule has 6 heteroatoms. The van der Waals surface area contributed by atoms with Crippen LogP contribution in [-0.2, 0) is 0 Å². The predicted molar refractivity (Wildman–Crippen MR) is 74.6 cm³/mol. The van der Waals surface area contributed by atoms with E-state index in [0.29, 0.717) is 0 Å². The summed E-state index contributed by atoms with van der Waals surface area (Å²) in [5.41, 5.74) is 1.90. The lowest BCUT2D eigenvalue weighted by atomic mass is 10.3. The number of hydrogen-bond acceptors (Lipinski definition) is 5. The van der Waals surface area contributed by atoms with Crippen molar-refractivity contribution in [2.24, 2.45) is 0 Å². The number of aromatic amines is 1. The molecule has 0 aliphatic heterocycles. The molecule has 0 spiro atoms. The van der Waals surface area contributed by atoms with Crippen molar-refractivity contribution in [2.75, 3.05) is 0 Å². The minimum absolute atomic E-state index is 0.949. The summed E-state index contributed by atoms with van der Waals surface area (Å²) in [6.07, 6.45) is 11.3. The van der Waals surface area contributed by atoms with Crippen molar-refractivity contribution in [2.45, 2.75) is 0 Å². The van der Waals surface area contributed by atoms with Crippen LogP contribution in [0.4, 0.5) is 0 Å². The molecule has 0 saturated carbocycles. The van der Waals surface area contributed by atoms with Crippen LogP contribution in [-0.4, -0.2) is 25.1 Å². The second-order valence-electron chi connectivity index (χ2n) is 3.49. The van der Waals surface area contributed by atoms with Gasteiger partial charge in [0.05, 0.1) is 17.2 Å². The highest BCUT2D eigenvalue weighted by atomic mass is 16.3. The number of para-hydroxylation sites is 2. The van der Waals surface area contributed by atoms with E-state index >= 15 is 0 Å². The normalized spacial score (nSPS) is 9.00. The highest BCUT2D eigenvalue weighted by Crippen LogP contribution is 2.04. The molecule has 0 amide bonds. The van der Waals surface area contributed by atoms with Gasteiger partial charge < -0.3 is 4.42 Å². The number of nitrogens with one attached hydrogen (secondary N) is 1. The van der Waals surface area contributed by atoms with Gasteiger partial charge in [-0.05, 0) is 18.2 Å². The van der Waals surface area contributed by atoms with E-state index in [4.69, 9.17) is 0 Å². The summed E-state index contributed by atoms with van der Waals surface area (Å²) in [4.78, 5) is 11.8. The van der Waals surface area contributed by atoms with E-state index in [9.17, 15) is 0 Å². The molecule has 4 aromatic rings. The van der Waals surface area contributed by atoms with Gasteiger partial charge in [0.15, 0.2) is 6.39 Å². The Morgan fingerprint density at radius 1 is 0.850 bits per heavy atom. The van der Waals surface area contributed by atoms with Gasteiger partial charge in [-0.15, -0.1) is 0 Å².